The van der Waals surface area contributed by atoms with Crippen LogP contribution in [0.15, 0.2) is 36.4 Å². The molecule has 16 heteroatoms. The van der Waals surface area contributed by atoms with Gasteiger partial charge in [0, 0.05) is 10.6 Å². The van der Waals surface area contributed by atoms with Gasteiger partial charge in [-0.25, -0.2) is 0 Å². The van der Waals surface area contributed by atoms with E-state index in [1.807, 2.05) is 6.07 Å². The van der Waals surface area contributed by atoms with Crippen molar-refractivity contribution >= 4 is 29.3 Å². The first-order valence-electron chi connectivity index (χ1n) is 12.8. The van der Waals surface area contributed by atoms with Gasteiger partial charge in [-0.3, -0.25) is 9.36 Å². The fourth-order valence-electron chi connectivity index (χ4n) is 4.74. The molecule has 0 spiro atoms. The number of esters is 1. The second-order valence-electron chi connectivity index (χ2n) is 9.08. The predicted molar refractivity (Wildman–Crippen MR) is 146 cm³/mol. The largest absolute Gasteiger partial charge is 0.493 e. The highest BCUT2D eigenvalue weighted by molar-refractivity contribution is 8.00. The average Bonchev–Trinajstić information content (AvgIpc) is 3.57. The Hall–Kier alpha value is -3.85. The molecule has 0 bridgehead atoms. The number of alkyl halides is 3. The van der Waals surface area contributed by atoms with Gasteiger partial charge in [0.2, 0.25) is 5.82 Å². The molecule has 0 radical (unpaired) electrons. The summed E-state index contributed by atoms with van der Waals surface area (Å²) in [6.07, 6.45) is -4.68. The molecule has 2 aromatic heterocycles. The van der Waals surface area contributed by atoms with E-state index < -0.39 is 28.5 Å². The Balaban J connectivity index is 1.59. The van der Waals surface area contributed by atoms with E-state index in [4.69, 9.17) is 25.8 Å². The lowest BCUT2D eigenvalue weighted by Gasteiger charge is -2.24. The zero-order valence-electron chi connectivity index (χ0n) is 22.6. The first-order valence-corrected chi connectivity index (χ1v) is 14.1. The molecule has 42 heavy (non-hydrogen) atoms. The Bertz CT molecular complexity index is 1600. The molecule has 222 valence electrons. The van der Waals surface area contributed by atoms with Gasteiger partial charge in [0.1, 0.15) is 6.42 Å². The molecule has 4 aromatic rings. The number of carbonyl (C=O) groups is 1. The van der Waals surface area contributed by atoms with Crippen LogP contribution in [0, 0.1) is 0 Å². The van der Waals surface area contributed by atoms with Crippen molar-refractivity contribution in [1.82, 2.24) is 35.0 Å². The molecular weight excluding hydrogens is 599 g/mol. The molecule has 0 aliphatic carbocycles. The molecular formula is C26H25ClF3N7O4S. The first-order chi connectivity index (χ1) is 20.1. The van der Waals surface area contributed by atoms with Crippen LogP contribution in [0.1, 0.15) is 52.4 Å². The number of halogens is 4. The molecule has 5 rings (SSSR count). The van der Waals surface area contributed by atoms with E-state index in [1.54, 1.807) is 25.1 Å². The van der Waals surface area contributed by atoms with Gasteiger partial charge in [0.25, 0.3) is 0 Å². The lowest BCUT2D eigenvalue weighted by atomic mass is 10.0. The summed E-state index contributed by atoms with van der Waals surface area (Å²) in [5.74, 6) is -0.456. The Morgan fingerprint density at radius 2 is 1.90 bits per heavy atom. The van der Waals surface area contributed by atoms with Gasteiger partial charge in [-0.05, 0) is 48.4 Å². The van der Waals surface area contributed by atoms with E-state index in [9.17, 15) is 18.0 Å². The van der Waals surface area contributed by atoms with Gasteiger partial charge < -0.3 is 14.2 Å². The summed E-state index contributed by atoms with van der Waals surface area (Å²) in [6.45, 7) is 2.08. The third kappa shape index (κ3) is 5.88. The summed E-state index contributed by atoms with van der Waals surface area (Å²) >= 11 is 7.76. The Kier molecular flexibility index (Phi) is 8.59. The zero-order chi connectivity index (χ0) is 30.0. The smallest absolute Gasteiger partial charge is 0.452 e. The number of aromatic nitrogens is 7. The number of hydrogen-bond acceptors (Lipinski definition) is 10. The van der Waals surface area contributed by atoms with Gasteiger partial charge in [-0.1, -0.05) is 23.7 Å². The van der Waals surface area contributed by atoms with E-state index >= 15 is 0 Å². The molecule has 1 aliphatic rings. The van der Waals surface area contributed by atoms with E-state index in [-0.39, 0.29) is 43.3 Å². The molecule has 0 N–H and O–H groups in total. The number of para-hydroxylation sites is 1. The minimum atomic E-state index is -4.78. The van der Waals surface area contributed by atoms with Gasteiger partial charge in [-0.2, -0.15) is 18.0 Å². The van der Waals surface area contributed by atoms with Crippen molar-refractivity contribution in [2.75, 3.05) is 20.8 Å². The molecule has 0 amide bonds. The first kappa shape index (κ1) is 29.6. The molecule has 3 heterocycles. The number of thioether (sulfide) groups is 1. The van der Waals surface area contributed by atoms with Crippen molar-refractivity contribution < 1.29 is 32.2 Å². The predicted octanol–water partition coefficient (Wildman–Crippen LogP) is 5.02. The fourth-order valence-corrected chi connectivity index (χ4v) is 6.43. The number of rotatable bonds is 9. The van der Waals surface area contributed by atoms with Gasteiger partial charge >= 0.3 is 12.1 Å². The Morgan fingerprint density at radius 3 is 2.62 bits per heavy atom. The number of methoxy groups -OCH3 is 2. The maximum Gasteiger partial charge on any atom is 0.452 e. The van der Waals surface area contributed by atoms with Crippen LogP contribution >= 0.6 is 23.4 Å². The van der Waals surface area contributed by atoms with E-state index in [0.29, 0.717) is 27.6 Å². The van der Waals surface area contributed by atoms with Crippen LogP contribution in [0.25, 0.3) is 5.69 Å². The van der Waals surface area contributed by atoms with E-state index in [0.717, 1.165) is 4.57 Å². The van der Waals surface area contributed by atoms with Crippen molar-refractivity contribution in [2.24, 2.45) is 0 Å². The second kappa shape index (κ2) is 12.2. The topological polar surface area (TPSA) is 119 Å². The fraction of sp³-hybridized carbons (Fsp3) is 0.385. The number of nitrogens with zero attached hydrogens (tertiary/aromatic N) is 7. The van der Waals surface area contributed by atoms with E-state index in [2.05, 4.69) is 25.6 Å². The van der Waals surface area contributed by atoms with Crippen molar-refractivity contribution in [1.29, 1.82) is 0 Å². The highest BCUT2D eigenvalue weighted by atomic mass is 35.5. The average molecular weight is 624 g/mol. The summed E-state index contributed by atoms with van der Waals surface area (Å²) in [5.41, 5.74) is 1.44. The van der Waals surface area contributed by atoms with Crippen LogP contribution in [0.3, 0.4) is 0 Å². The van der Waals surface area contributed by atoms with Crippen LogP contribution in [-0.2, 0) is 28.7 Å². The standard InChI is InChI=1S/C26H25ClF3N7O4S/c1-4-41-21(38)13-20-31-35-36(34-20)11-10-19-24-32-33-25(26(28,29)30)37(24)17-9-8-14(27)12-16(17)23(42-19)15-6-5-7-18(39-2)22(15)40-3/h5-9,12,19,23H,4,10-11,13H2,1-3H3. The van der Waals surface area contributed by atoms with Crippen molar-refractivity contribution in [3.05, 3.63) is 70.0 Å². The summed E-state index contributed by atoms with van der Waals surface area (Å²) in [4.78, 5) is 13.1. The second-order valence-corrected chi connectivity index (χ2v) is 10.8. The SMILES string of the molecule is CCOC(=O)Cc1nnn(CCC2SC(c3cccc(OC)c3OC)c3cc(Cl)ccc3-n3c2nnc3C(F)(F)F)n1. The number of benzene rings is 2. The van der Waals surface area contributed by atoms with Gasteiger partial charge in [0.05, 0.1) is 43.6 Å². The van der Waals surface area contributed by atoms with E-state index in [1.165, 1.54) is 42.9 Å². The lowest BCUT2D eigenvalue weighted by Crippen LogP contribution is -2.16. The molecule has 2 aromatic carbocycles. The number of tetrazole rings is 1. The molecule has 1 aliphatic heterocycles. The van der Waals surface area contributed by atoms with Gasteiger partial charge in [-0.15, -0.1) is 32.2 Å². The zero-order valence-corrected chi connectivity index (χ0v) is 24.2. The lowest BCUT2D eigenvalue weighted by molar-refractivity contribution is -0.146. The van der Waals surface area contributed by atoms with Gasteiger partial charge in [0.15, 0.2) is 23.1 Å². The highest BCUT2D eigenvalue weighted by Crippen LogP contribution is 2.54. The summed E-state index contributed by atoms with van der Waals surface area (Å²) in [5, 5.41) is 18.9. The maximum absolute atomic E-state index is 14.2. The van der Waals surface area contributed by atoms with Crippen LogP contribution < -0.4 is 9.47 Å². The monoisotopic (exact) mass is 623 g/mol. The van der Waals surface area contributed by atoms with Crippen LogP contribution in [0.4, 0.5) is 13.2 Å². The summed E-state index contributed by atoms with van der Waals surface area (Å²) in [6, 6.07) is 10.1. The number of fused-ring (bicyclic) bond motifs is 3. The van der Waals surface area contributed by atoms with Crippen molar-refractivity contribution in [2.45, 2.75) is 43.0 Å². The van der Waals surface area contributed by atoms with Crippen LogP contribution in [0.2, 0.25) is 5.02 Å². The molecule has 0 fully saturated rings. The van der Waals surface area contributed by atoms with Crippen LogP contribution in [0.5, 0.6) is 11.5 Å². The van der Waals surface area contributed by atoms with Crippen molar-refractivity contribution in [3.63, 3.8) is 0 Å². The molecule has 0 saturated carbocycles. The molecule has 2 unspecified atom stereocenters. The number of carbonyl (C=O) groups excluding carboxylic acids is 1. The maximum atomic E-state index is 14.2. The third-order valence-corrected chi connectivity index (χ3v) is 8.24. The Morgan fingerprint density at radius 1 is 1.10 bits per heavy atom. The summed E-state index contributed by atoms with van der Waals surface area (Å²) < 4.78 is 59.9. The normalized spacial score (nSPS) is 16.4. The quantitative estimate of drug-likeness (QED) is 0.235. The molecule has 0 saturated heterocycles. The summed E-state index contributed by atoms with van der Waals surface area (Å²) in [7, 11) is 3.01. The number of aryl methyl sites for hydroxylation is 1. The molecule has 2 atom stereocenters. The minimum absolute atomic E-state index is 0.104. The highest BCUT2D eigenvalue weighted by Gasteiger charge is 2.43. The third-order valence-electron chi connectivity index (χ3n) is 6.45. The van der Waals surface area contributed by atoms with Crippen LogP contribution in [-0.4, -0.2) is 61.8 Å². The number of ether oxygens (including phenoxy) is 3. The number of hydrogen-bond donors (Lipinski definition) is 0. The minimum Gasteiger partial charge on any atom is -0.493 e. The Labute approximate surface area is 247 Å². The van der Waals surface area contributed by atoms with Crippen molar-refractivity contribution in [3.8, 4) is 17.2 Å². The molecule has 11 nitrogen and oxygen atoms in total.